The molecule has 3 rings (SSSR count). The highest BCUT2D eigenvalue weighted by Crippen LogP contribution is 2.34. The van der Waals surface area contributed by atoms with E-state index >= 15 is 0 Å². The molecule has 1 saturated heterocycles. The summed E-state index contributed by atoms with van der Waals surface area (Å²) in [4.78, 5) is 2.46. The molecule has 116 valence electrons. The fourth-order valence-corrected chi connectivity index (χ4v) is 3.03. The number of piperazine rings is 1. The SMILES string of the molecule is CCC(C)C1CN(c2ccc3c(c2)OCCCO3)CCN1. The number of rotatable bonds is 3. The van der Waals surface area contributed by atoms with E-state index in [-0.39, 0.29) is 0 Å². The van der Waals surface area contributed by atoms with E-state index in [1.807, 2.05) is 0 Å². The van der Waals surface area contributed by atoms with Crippen molar-refractivity contribution in [2.45, 2.75) is 32.7 Å². The van der Waals surface area contributed by atoms with Gasteiger partial charge in [-0.25, -0.2) is 0 Å². The van der Waals surface area contributed by atoms with Crippen molar-refractivity contribution in [2.24, 2.45) is 5.92 Å². The van der Waals surface area contributed by atoms with Gasteiger partial charge in [0, 0.05) is 43.9 Å². The first-order valence-corrected chi connectivity index (χ1v) is 8.16. The third kappa shape index (κ3) is 3.26. The summed E-state index contributed by atoms with van der Waals surface area (Å²) in [6.07, 6.45) is 2.17. The minimum Gasteiger partial charge on any atom is -0.490 e. The summed E-state index contributed by atoms with van der Waals surface area (Å²) in [6, 6.07) is 6.92. The Hall–Kier alpha value is -1.42. The molecule has 0 bridgehead atoms. The lowest BCUT2D eigenvalue weighted by atomic mass is 9.97. The molecular formula is C17H26N2O2. The predicted molar refractivity (Wildman–Crippen MR) is 85.5 cm³/mol. The van der Waals surface area contributed by atoms with Gasteiger partial charge in [-0.1, -0.05) is 20.3 Å². The summed E-state index contributed by atoms with van der Waals surface area (Å²) in [7, 11) is 0. The Labute approximate surface area is 127 Å². The van der Waals surface area contributed by atoms with Crippen LogP contribution in [-0.2, 0) is 0 Å². The third-order valence-electron chi connectivity index (χ3n) is 4.63. The molecule has 1 N–H and O–H groups in total. The number of benzene rings is 1. The Kier molecular flexibility index (Phi) is 4.54. The zero-order valence-electron chi connectivity index (χ0n) is 13.1. The van der Waals surface area contributed by atoms with E-state index in [9.17, 15) is 0 Å². The van der Waals surface area contributed by atoms with Gasteiger partial charge in [0.2, 0.25) is 0 Å². The lowest BCUT2D eigenvalue weighted by molar-refractivity contribution is 0.297. The maximum absolute atomic E-state index is 5.81. The van der Waals surface area contributed by atoms with Crippen molar-refractivity contribution in [2.75, 3.05) is 37.7 Å². The molecule has 0 amide bonds. The molecule has 4 heteroatoms. The predicted octanol–water partition coefficient (Wildman–Crippen LogP) is 2.67. The summed E-state index contributed by atoms with van der Waals surface area (Å²) >= 11 is 0. The fraction of sp³-hybridized carbons (Fsp3) is 0.647. The van der Waals surface area contributed by atoms with Gasteiger partial charge in [0.1, 0.15) is 0 Å². The second-order valence-corrected chi connectivity index (χ2v) is 6.07. The van der Waals surface area contributed by atoms with Gasteiger partial charge >= 0.3 is 0 Å². The smallest absolute Gasteiger partial charge is 0.163 e. The Morgan fingerprint density at radius 1 is 1.29 bits per heavy atom. The molecule has 2 aliphatic rings. The van der Waals surface area contributed by atoms with Gasteiger partial charge in [-0.3, -0.25) is 0 Å². The molecule has 0 aromatic heterocycles. The third-order valence-corrected chi connectivity index (χ3v) is 4.63. The van der Waals surface area contributed by atoms with Crippen LogP contribution in [0.1, 0.15) is 26.7 Å². The van der Waals surface area contributed by atoms with Crippen molar-refractivity contribution in [3.63, 3.8) is 0 Å². The van der Waals surface area contributed by atoms with Crippen LogP contribution < -0.4 is 19.7 Å². The van der Waals surface area contributed by atoms with Gasteiger partial charge in [0.15, 0.2) is 11.5 Å². The number of hydrogen-bond acceptors (Lipinski definition) is 4. The molecule has 0 spiro atoms. The number of nitrogens with zero attached hydrogens (tertiary/aromatic N) is 1. The zero-order valence-corrected chi connectivity index (χ0v) is 13.1. The number of anilines is 1. The van der Waals surface area contributed by atoms with Gasteiger partial charge < -0.3 is 19.7 Å². The van der Waals surface area contributed by atoms with Gasteiger partial charge in [-0.05, 0) is 18.1 Å². The molecule has 2 heterocycles. The van der Waals surface area contributed by atoms with Gasteiger partial charge in [-0.15, -0.1) is 0 Å². The molecule has 0 saturated carbocycles. The second-order valence-electron chi connectivity index (χ2n) is 6.07. The first-order valence-electron chi connectivity index (χ1n) is 8.16. The molecule has 1 aromatic carbocycles. The van der Waals surface area contributed by atoms with E-state index in [4.69, 9.17) is 9.47 Å². The molecule has 1 aromatic rings. The van der Waals surface area contributed by atoms with Crippen LogP contribution in [0.5, 0.6) is 11.5 Å². The Balaban J connectivity index is 1.75. The lowest BCUT2D eigenvalue weighted by Gasteiger charge is -2.38. The molecular weight excluding hydrogens is 264 g/mol. The van der Waals surface area contributed by atoms with E-state index in [2.05, 4.69) is 42.3 Å². The van der Waals surface area contributed by atoms with Crippen LogP contribution in [0.25, 0.3) is 0 Å². The molecule has 4 nitrogen and oxygen atoms in total. The molecule has 2 atom stereocenters. The standard InChI is InChI=1S/C17H26N2O2/c1-3-13(2)15-12-19(8-7-18-15)14-5-6-16-17(11-14)21-10-4-9-20-16/h5-6,11,13,15,18H,3-4,7-10,12H2,1-2H3. The van der Waals surface area contributed by atoms with Crippen LogP contribution in [0.15, 0.2) is 18.2 Å². The minimum absolute atomic E-state index is 0.569. The van der Waals surface area contributed by atoms with Crippen molar-refractivity contribution in [1.29, 1.82) is 0 Å². The zero-order chi connectivity index (χ0) is 14.7. The maximum Gasteiger partial charge on any atom is 0.163 e. The topological polar surface area (TPSA) is 33.7 Å². The van der Waals surface area contributed by atoms with Crippen LogP contribution in [0, 0.1) is 5.92 Å². The Morgan fingerprint density at radius 3 is 2.90 bits per heavy atom. The number of nitrogens with one attached hydrogen (secondary N) is 1. The van der Waals surface area contributed by atoms with Crippen LogP contribution in [0.4, 0.5) is 5.69 Å². The van der Waals surface area contributed by atoms with Crippen molar-refractivity contribution < 1.29 is 9.47 Å². The van der Waals surface area contributed by atoms with Crippen LogP contribution in [-0.4, -0.2) is 38.9 Å². The van der Waals surface area contributed by atoms with Crippen LogP contribution in [0.3, 0.4) is 0 Å². The summed E-state index contributed by atoms with van der Waals surface area (Å²) in [6.45, 7) is 9.24. The summed E-state index contributed by atoms with van der Waals surface area (Å²) in [5.74, 6) is 2.47. The first kappa shape index (κ1) is 14.5. The van der Waals surface area contributed by atoms with Crippen LogP contribution in [0.2, 0.25) is 0 Å². The Bertz CT molecular complexity index is 478. The average Bonchev–Trinajstić information content (AvgIpc) is 2.78. The Morgan fingerprint density at radius 2 is 2.10 bits per heavy atom. The van der Waals surface area contributed by atoms with Crippen molar-refractivity contribution in [1.82, 2.24) is 5.32 Å². The maximum atomic E-state index is 5.81. The molecule has 2 unspecified atom stereocenters. The summed E-state index contributed by atoms with van der Waals surface area (Å²) in [5, 5.41) is 3.64. The molecule has 21 heavy (non-hydrogen) atoms. The highest BCUT2D eigenvalue weighted by molar-refractivity contribution is 5.57. The van der Waals surface area contributed by atoms with Crippen LogP contribution >= 0.6 is 0 Å². The average molecular weight is 290 g/mol. The highest BCUT2D eigenvalue weighted by Gasteiger charge is 2.24. The van der Waals surface area contributed by atoms with E-state index in [0.717, 1.165) is 50.8 Å². The van der Waals surface area contributed by atoms with Gasteiger partial charge in [0.25, 0.3) is 0 Å². The van der Waals surface area contributed by atoms with E-state index in [0.29, 0.717) is 12.0 Å². The number of ether oxygens (including phenoxy) is 2. The highest BCUT2D eigenvalue weighted by atomic mass is 16.5. The van der Waals surface area contributed by atoms with E-state index < -0.39 is 0 Å². The molecule has 0 aliphatic carbocycles. The van der Waals surface area contributed by atoms with E-state index in [1.165, 1.54) is 12.1 Å². The first-order chi connectivity index (χ1) is 10.3. The van der Waals surface area contributed by atoms with Crippen molar-refractivity contribution in [3.05, 3.63) is 18.2 Å². The van der Waals surface area contributed by atoms with Crippen molar-refractivity contribution in [3.8, 4) is 11.5 Å². The lowest BCUT2D eigenvalue weighted by Crippen LogP contribution is -2.53. The number of fused-ring (bicyclic) bond motifs is 1. The monoisotopic (exact) mass is 290 g/mol. The summed E-state index contributed by atoms with van der Waals surface area (Å²) < 4.78 is 11.5. The largest absolute Gasteiger partial charge is 0.490 e. The number of hydrogen-bond donors (Lipinski definition) is 1. The van der Waals surface area contributed by atoms with Gasteiger partial charge in [-0.2, -0.15) is 0 Å². The molecule has 0 radical (unpaired) electrons. The van der Waals surface area contributed by atoms with E-state index in [1.54, 1.807) is 0 Å². The molecule has 2 aliphatic heterocycles. The fourth-order valence-electron chi connectivity index (χ4n) is 3.03. The quantitative estimate of drug-likeness (QED) is 0.928. The summed E-state index contributed by atoms with van der Waals surface area (Å²) in [5.41, 5.74) is 1.24. The minimum atomic E-state index is 0.569. The van der Waals surface area contributed by atoms with Gasteiger partial charge in [0.05, 0.1) is 13.2 Å². The van der Waals surface area contributed by atoms with Crippen molar-refractivity contribution >= 4 is 5.69 Å². The second kappa shape index (κ2) is 6.56. The molecule has 1 fully saturated rings. The normalized spacial score (nSPS) is 23.5.